The molecule has 0 amide bonds. The summed E-state index contributed by atoms with van der Waals surface area (Å²) in [6.07, 6.45) is 6.15. The van der Waals surface area contributed by atoms with Gasteiger partial charge in [0.1, 0.15) is 5.84 Å². The first kappa shape index (κ1) is 13.8. The molecule has 1 aromatic rings. The zero-order valence-electron chi connectivity index (χ0n) is 10.1. The van der Waals surface area contributed by atoms with Crippen molar-refractivity contribution in [3.8, 4) is 0 Å². The summed E-state index contributed by atoms with van der Waals surface area (Å²) in [5.41, 5.74) is 3.66. The van der Waals surface area contributed by atoms with Crippen LogP contribution in [0.25, 0.3) is 0 Å². The van der Waals surface area contributed by atoms with E-state index in [-0.39, 0.29) is 0 Å². The number of hydrogen-bond acceptors (Lipinski definition) is 2. The molecule has 5 heteroatoms. The van der Waals surface area contributed by atoms with Gasteiger partial charge >= 0.3 is 0 Å². The molecule has 1 fully saturated rings. The van der Waals surface area contributed by atoms with Crippen molar-refractivity contribution < 1.29 is 0 Å². The van der Waals surface area contributed by atoms with Gasteiger partial charge in [-0.2, -0.15) is 0 Å². The smallest absolute Gasteiger partial charge is 0.142 e. The molecule has 1 aromatic carbocycles. The number of amidine groups is 1. The average Bonchev–Trinajstić information content (AvgIpc) is 2.40. The first-order valence-electron chi connectivity index (χ1n) is 6.20. The third-order valence-electron chi connectivity index (χ3n) is 3.22. The van der Waals surface area contributed by atoms with Gasteiger partial charge in [0.05, 0.1) is 11.1 Å². The third kappa shape index (κ3) is 3.46. The summed E-state index contributed by atoms with van der Waals surface area (Å²) in [7, 11) is 0. The van der Waals surface area contributed by atoms with Crippen LogP contribution < -0.4 is 11.3 Å². The second-order valence-corrected chi connectivity index (χ2v) is 5.80. The molecule has 0 heterocycles. The normalized spacial score (nSPS) is 17.8. The highest BCUT2D eigenvalue weighted by Crippen LogP contribution is 2.24. The van der Waals surface area contributed by atoms with Crippen LogP contribution >= 0.6 is 27.5 Å². The van der Waals surface area contributed by atoms with E-state index in [0.717, 1.165) is 28.7 Å². The Labute approximate surface area is 121 Å². The Hall–Kier alpha value is -0.580. The molecule has 3 N–H and O–H groups in total. The molecule has 1 aliphatic rings. The summed E-state index contributed by atoms with van der Waals surface area (Å²) in [4.78, 5) is 4.71. The number of nitrogens with two attached hydrogens (primary N) is 1. The van der Waals surface area contributed by atoms with Crippen molar-refractivity contribution >= 4 is 33.4 Å². The quantitative estimate of drug-likeness (QED) is 0.376. The monoisotopic (exact) mass is 329 g/mol. The van der Waals surface area contributed by atoms with Gasteiger partial charge in [-0.3, -0.25) is 4.99 Å². The van der Waals surface area contributed by atoms with Gasteiger partial charge < -0.3 is 5.43 Å². The number of aliphatic imine (C=N–C) groups is 1. The lowest BCUT2D eigenvalue weighted by molar-refractivity contribution is 0.442. The Morgan fingerprint density at radius 3 is 2.67 bits per heavy atom. The maximum Gasteiger partial charge on any atom is 0.142 e. The molecule has 2 rings (SSSR count). The lowest BCUT2D eigenvalue weighted by atomic mass is 9.96. The van der Waals surface area contributed by atoms with Gasteiger partial charge in [0.25, 0.3) is 0 Å². The second-order valence-electron chi connectivity index (χ2n) is 4.54. The second kappa shape index (κ2) is 6.55. The van der Waals surface area contributed by atoms with Crippen LogP contribution in [0.1, 0.15) is 37.7 Å². The number of rotatable bonds is 2. The molecule has 1 aliphatic carbocycles. The van der Waals surface area contributed by atoms with E-state index in [1.54, 1.807) is 0 Å². The molecule has 1 saturated carbocycles. The van der Waals surface area contributed by atoms with Crippen LogP contribution in [-0.2, 0) is 0 Å². The molecule has 0 spiro atoms. The van der Waals surface area contributed by atoms with Gasteiger partial charge in [-0.25, -0.2) is 5.84 Å². The Bertz CT molecular complexity index is 442. The van der Waals surface area contributed by atoms with E-state index in [1.165, 1.54) is 19.3 Å². The largest absolute Gasteiger partial charge is 0.308 e. The highest BCUT2D eigenvalue weighted by Gasteiger charge is 2.14. The number of hydrazine groups is 1. The molecule has 0 bridgehead atoms. The number of benzene rings is 1. The van der Waals surface area contributed by atoms with Crippen molar-refractivity contribution in [1.82, 2.24) is 5.43 Å². The molecular weight excluding hydrogens is 314 g/mol. The van der Waals surface area contributed by atoms with E-state index < -0.39 is 0 Å². The summed E-state index contributed by atoms with van der Waals surface area (Å²) < 4.78 is 0.855. The predicted octanol–water partition coefficient (Wildman–Crippen LogP) is 3.65. The minimum atomic E-state index is 0.388. The van der Waals surface area contributed by atoms with Crippen LogP contribution in [0.15, 0.2) is 27.7 Å². The highest BCUT2D eigenvalue weighted by atomic mass is 79.9. The number of hydrogen-bond donors (Lipinski definition) is 2. The minimum absolute atomic E-state index is 0.388. The van der Waals surface area contributed by atoms with Crippen molar-refractivity contribution in [2.45, 2.75) is 38.1 Å². The molecule has 0 aromatic heterocycles. The van der Waals surface area contributed by atoms with E-state index >= 15 is 0 Å². The standard InChI is InChI=1S/C13H17BrClN3/c14-11-8-9(6-7-12(11)15)13(18-16)17-10-4-2-1-3-5-10/h6-8,10H,1-5,16H2,(H,17,18). The van der Waals surface area contributed by atoms with Crippen molar-refractivity contribution in [3.63, 3.8) is 0 Å². The zero-order valence-corrected chi connectivity index (χ0v) is 12.5. The molecule has 18 heavy (non-hydrogen) atoms. The third-order valence-corrected chi connectivity index (χ3v) is 4.43. The first-order valence-corrected chi connectivity index (χ1v) is 7.37. The number of halogens is 2. The van der Waals surface area contributed by atoms with Crippen molar-refractivity contribution in [2.75, 3.05) is 0 Å². The van der Waals surface area contributed by atoms with Crippen LogP contribution in [0.5, 0.6) is 0 Å². The average molecular weight is 331 g/mol. The number of nitrogens with zero attached hydrogens (tertiary/aromatic N) is 1. The summed E-state index contributed by atoms with van der Waals surface area (Å²) in [6.45, 7) is 0. The molecule has 0 radical (unpaired) electrons. The maximum atomic E-state index is 5.98. The Balaban J connectivity index is 2.20. The Kier molecular flexibility index (Phi) is 5.03. The highest BCUT2D eigenvalue weighted by molar-refractivity contribution is 9.10. The van der Waals surface area contributed by atoms with Gasteiger partial charge in [0.2, 0.25) is 0 Å². The summed E-state index contributed by atoms with van der Waals surface area (Å²) in [5.74, 6) is 6.32. The van der Waals surface area contributed by atoms with E-state index in [0.29, 0.717) is 11.1 Å². The fraction of sp³-hybridized carbons (Fsp3) is 0.462. The van der Waals surface area contributed by atoms with Crippen LogP contribution in [0, 0.1) is 0 Å². The first-order chi connectivity index (χ1) is 8.70. The minimum Gasteiger partial charge on any atom is -0.308 e. The molecule has 0 saturated heterocycles. The summed E-state index contributed by atoms with van der Waals surface area (Å²) >= 11 is 9.40. The predicted molar refractivity (Wildman–Crippen MR) is 79.9 cm³/mol. The van der Waals surface area contributed by atoms with Crippen molar-refractivity contribution in [1.29, 1.82) is 0 Å². The Morgan fingerprint density at radius 1 is 1.33 bits per heavy atom. The lowest BCUT2D eigenvalue weighted by Gasteiger charge is -2.19. The molecule has 0 aliphatic heterocycles. The zero-order chi connectivity index (χ0) is 13.0. The van der Waals surface area contributed by atoms with E-state index in [4.69, 9.17) is 22.4 Å². The molecule has 0 atom stereocenters. The van der Waals surface area contributed by atoms with Gasteiger partial charge in [0.15, 0.2) is 0 Å². The van der Waals surface area contributed by atoms with Crippen LogP contribution in [0.3, 0.4) is 0 Å². The fourth-order valence-corrected chi connectivity index (χ4v) is 2.73. The van der Waals surface area contributed by atoms with E-state index in [1.807, 2.05) is 18.2 Å². The maximum absolute atomic E-state index is 5.98. The van der Waals surface area contributed by atoms with Gasteiger partial charge in [0, 0.05) is 10.0 Å². The lowest BCUT2D eigenvalue weighted by Crippen LogP contribution is -2.32. The summed E-state index contributed by atoms with van der Waals surface area (Å²) in [6, 6.07) is 6.09. The fourth-order valence-electron chi connectivity index (χ4n) is 2.23. The topological polar surface area (TPSA) is 50.4 Å². The van der Waals surface area contributed by atoms with Gasteiger partial charge in [-0.1, -0.05) is 30.9 Å². The summed E-state index contributed by atoms with van der Waals surface area (Å²) in [5, 5.41) is 0.688. The van der Waals surface area contributed by atoms with E-state index in [2.05, 4.69) is 21.4 Å². The van der Waals surface area contributed by atoms with Gasteiger partial charge in [-0.05, 0) is 47.0 Å². The molecular formula is C13H17BrClN3. The SMILES string of the molecule is NNC(=NC1CCCCC1)c1ccc(Cl)c(Br)c1. The van der Waals surface area contributed by atoms with Crippen LogP contribution in [0.4, 0.5) is 0 Å². The molecule has 0 unspecified atom stereocenters. The van der Waals surface area contributed by atoms with Crippen LogP contribution in [-0.4, -0.2) is 11.9 Å². The van der Waals surface area contributed by atoms with Crippen molar-refractivity contribution in [3.05, 3.63) is 33.3 Å². The molecule has 3 nitrogen and oxygen atoms in total. The number of nitrogens with one attached hydrogen (secondary N) is 1. The van der Waals surface area contributed by atoms with Crippen LogP contribution in [0.2, 0.25) is 5.02 Å². The molecule has 98 valence electrons. The Morgan fingerprint density at radius 2 is 2.06 bits per heavy atom. The van der Waals surface area contributed by atoms with E-state index in [9.17, 15) is 0 Å². The van der Waals surface area contributed by atoms with Gasteiger partial charge in [-0.15, -0.1) is 0 Å². The van der Waals surface area contributed by atoms with Crippen molar-refractivity contribution in [2.24, 2.45) is 10.8 Å².